The molecule has 0 spiro atoms. The summed E-state index contributed by atoms with van der Waals surface area (Å²) in [6, 6.07) is 20.2. The summed E-state index contributed by atoms with van der Waals surface area (Å²) < 4.78 is 7.40. The second kappa shape index (κ2) is 11.3. The average molecular weight is 449 g/mol. The minimum absolute atomic E-state index is 0.0298. The van der Waals surface area contributed by atoms with Gasteiger partial charge in [0.1, 0.15) is 12.4 Å². The van der Waals surface area contributed by atoms with Crippen molar-refractivity contribution in [3.8, 4) is 11.3 Å². The highest BCUT2D eigenvalue weighted by Crippen LogP contribution is 2.39. The monoisotopic (exact) mass is 448 g/mol. The molecule has 3 rings (SSSR count). The molecule has 0 bridgehead atoms. The zero-order valence-corrected chi connectivity index (χ0v) is 20.2. The second-order valence-electron chi connectivity index (χ2n) is 9.39. The summed E-state index contributed by atoms with van der Waals surface area (Å²) in [4.78, 5) is 20.2. The van der Waals surface area contributed by atoms with Gasteiger partial charge in [-0.3, -0.25) is 4.79 Å². The van der Waals surface area contributed by atoms with Crippen LogP contribution >= 0.6 is 0 Å². The van der Waals surface area contributed by atoms with Crippen LogP contribution in [0.2, 0.25) is 0 Å². The lowest BCUT2D eigenvalue weighted by molar-refractivity contribution is -0.140. The SMILES string of the molecule is COCC(=O)N(CCCN)[C@@H](c1nc(-c2ccccc2)cn1Cc1ccccc1)C(C)(C)C. The standard InChI is InChI=1S/C27H36N4O2/c1-27(2,3)25(31(17-11-16-28)24(32)20-33-4)26-29-23(22-14-9-6-10-15-22)19-30(26)18-21-12-7-5-8-13-21/h5-10,12-15,19,25H,11,16-18,20,28H2,1-4H3/t25-/m0/s1. The Hall–Kier alpha value is -2.96. The molecule has 0 saturated heterocycles. The fraction of sp³-hybridized carbons (Fsp3) is 0.407. The fourth-order valence-corrected chi connectivity index (χ4v) is 4.16. The Kier molecular flexibility index (Phi) is 8.42. The number of imidazole rings is 1. The molecule has 2 N–H and O–H groups in total. The molecule has 6 nitrogen and oxygen atoms in total. The molecule has 0 aliphatic carbocycles. The fourth-order valence-electron chi connectivity index (χ4n) is 4.16. The number of amides is 1. The number of benzene rings is 2. The number of aromatic nitrogens is 2. The molecule has 1 atom stereocenters. The van der Waals surface area contributed by atoms with Crippen molar-refractivity contribution in [2.75, 3.05) is 26.8 Å². The van der Waals surface area contributed by atoms with E-state index in [0.29, 0.717) is 26.1 Å². The Bertz CT molecular complexity index is 1010. The maximum atomic E-state index is 13.2. The Morgan fingerprint density at radius 2 is 1.73 bits per heavy atom. The molecule has 6 heteroatoms. The molecule has 1 aromatic heterocycles. The predicted molar refractivity (Wildman–Crippen MR) is 133 cm³/mol. The van der Waals surface area contributed by atoms with E-state index in [1.54, 1.807) is 7.11 Å². The zero-order chi connectivity index (χ0) is 23.8. The van der Waals surface area contributed by atoms with E-state index in [9.17, 15) is 4.79 Å². The number of ether oxygens (including phenoxy) is 1. The van der Waals surface area contributed by atoms with Gasteiger partial charge < -0.3 is 19.9 Å². The molecule has 33 heavy (non-hydrogen) atoms. The molecule has 0 aliphatic rings. The highest BCUT2D eigenvalue weighted by atomic mass is 16.5. The first-order valence-corrected chi connectivity index (χ1v) is 11.5. The summed E-state index contributed by atoms with van der Waals surface area (Å²) in [6.07, 6.45) is 2.81. The van der Waals surface area contributed by atoms with Crippen molar-refractivity contribution < 1.29 is 9.53 Å². The Morgan fingerprint density at radius 3 is 2.30 bits per heavy atom. The van der Waals surface area contributed by atoms with Crippen molar-refractivity contribution in [3.63, 3.8) is 0 Å². The first-order chi connectivity index (χ1) is 15.8. The molecular formula is C27H36N4O2. The third-order valence-electron chi connectivity index (χ3n) is 5.64. The van der Waals surface area contributed by atoms with E-state index in [1.165, 1.54) is 5.56 Å². The van der Waals surface area contributed by atoms with Crippen molar-refractivity contribution >= 4 is 5.91 Å². The van der Waals surface area contributed by atoms with Crippen LogP contribution in [0.15, 0.2) is 66.9 Å². The lowest BCUT2D eigenvalue weighted by Gasteiger charge is -2.40. The molecular weight excluding hydrogens is 412 g/mol. The van der Waals surface area contributed by atoms with Gasteiger partial charge in [0.15, 0.2) is 0 Å². The third kappa shape index (κ3) is 6.30. The minimum Gasteiger partial charge on any atom is -0.375 e. The van der Waals surface area contributed by atoms with E-state index in [2.05, 4.69) is 55.8 Å². The van der Waals surface area contributed by atoms with Gasteiger partial charge in [-0.1, -0.05) is 81.4 Å². The van der Waals surface area contributed by atoms with Gasteiger partial charge in [-0.25, -0.2) is 4.98 Å². The van der Waals surface area contributed by atoms with Crippen LogP contribution in [0.25, 0.3) is 11.3 Å². The first kappa shape index (κ1) is 24.7. The van der Waals surface area contributed by atoms with Gasteiger partial charge in [0.05, 0.1) is 11.7 Å². The van der Waals surface area contributed by atoms with Crippen LogP contribution in [0.1, 0.15) is 44.6 Å². The van der Waals surface area contributed by atoms with Crippen LogP contribution in [0, 0.1) is 5.41 Å². The minimum atomic E-state index is -0.258. The highest BCUT2D eigenvalue weighted by molar-refractivity contribution is 5.78. The van der Waals surface area contributed by atoms with Crippen molar-refractivity contribution in [2.45, 2.75) is 39.8 Å². The topological polar surface area (TPSA) is 73.4 Å². The Morgan fingerprint density at radius 1 is 1.09 bits per heavy atom. The molecule has 2 aromatic carbocycles. The largest absolute Gasteiger partial charge is 0.375 e. The average Bonchev–Trinajstić information content (AvgIpc) is 3.20. The predicted octanol–water partition coefficient (Wildman–Crippen LogP) is 4.51. The summed E-state index contributed by atoms with van der Waals surface area (Å²) in [6.45, 7) is 8.22. The van der Waals surface area contributed by atoms with E-state index in [0.717, 1.165) is 17.1 Å². The molecule has 0 aliphatic heterocycles. The molecule has 176 valence electrons. The van der Waals surface area contributed by atoms with E-state index in [1.807, 2.05) is 41.3 Å². The smallest absolute Gasteiger partial charge is 0.249 e. The molecule has 0 fully saturated rings. The van der Waals surface area contributed by atoms with Crippen LogP contribution in [-0.4, -0.2) is 47.2 Å². The van der Waals surface area contributed by atoms with Gasteiger partial charge >= 0.3 is 0 Å². The normalized spacial score (nSPS) is 12.5. The van der Waals surface area contributed by atoms with Gasteiger partial charge in [0, 0.05) is 32.0 Å². The summed E-state index contributed by atoms with van der Waals surface area (Å²) in [5.74, 6) is 0.813. The molecule has 1 heterocycles. The van der Waals surface area contributed by atoms with Gasteiger partial charge in [-0.2, -0.15) is 0 Å². The Labute approximate surface area is 197 Å². The molecule has 0 radical (unpaired) electrons. The van der Waals surface area contributed by atoms with Crippen molar-refractivity contribution in [3.05, 3.63) is 78.2 Å². The van der Waals surface area contributed by atoms with Gasteiger partial charge in [0.2, 0.25) is 5.91 Å². The lowest BCUT2D eigenvalue weighted by Crippen LogP contribution is -2.45. The second-order valence-corrected chi connectivity index (χ2v) is 9.39. The van der Waals surface area contributed by atoms with E-state index in [4.69, 9.17) is 15.5 Å². The van der Waals surface area contributed by atoms with Crippen LogP contribution in [-0.2, 0) is 16.1 Å². The third-order valence-corrected chi connectivity index (χ3v) is 5.64. The number of carbonyl (C=O) groups is 1. The lowest BCUT2D eigenvalue weighted by atomic mass is 9.84. The number of hydrogen-bond acceptors (Lipinski definition) is 4. The quantitative estimate of drug-likeness (QED) is 0.495. The molecule has 1 amide bonds. The zero-order valence-electron chi connectivity index (χ0n) is 20.2. The van der Waals surface area contributed by atoms with Crippen molar-refractivity contribution in [1.29, 1.82) is 0 Å². The van der Waals surface area contributed by atoms with Gasteiger partial charge in [-0.15, -0.1) is 0 Å². The molecule has 0 saturated carbocycles. The van der Waals surface area contributed by atoms with E-state index < -0.39 is 0 Å². The maximum absolute atomic E-state index is 13.2. The van der Waals surface area contributed by atoms with E-state index in [-0.39, 0.29) is 24.0 Å². The van der Waals surface area contributed by atoms with Crippen LogP contribution in [0.4, 0.5) is 0 Å². The van der Waals surface area contributed by atoms with Crippen LogP contribution < -0.4 is 5.73 Å². The van der Waals surface area contributed by atoms with Crippen LogP contribution in [0.5, 0.6) is 0 Å². The number of rotatable bonds is 10. The summed E-state index contributed by atoms with van der Waals surface area (Å²) in [5, 5.41) is 0. The summed E-state index contributed by atoms with van der Waals surface area (Å²) in [7, 11) is 1.55. The number of hydrogen-bond donors (Lipinski definition) is 1. The number of nitrogens with zero attached hydrogens (tertiary/aromatic N) is 3. The van der Waals surface area contributed by atoms with Gasteiger partial charge in [0.25, 0.3) is 0 Å². The highest BCUT2D eigenvalue weighted by Gasteiger charge is 2.38. The summed E-state index contributed by atoms with van der Waals surface area (Å²) >= 11 is 0. The van der Waals surface area contributed by atoms with Crippen LogP contribution in [0.3, 0.4) is 0 Å². The van der Waals surface area contributed by atoms with Crippen molar-refractivity contribution in [1.82, 2.24) is 14.5 Å². The first-order valence-electron chi connectivity index (χ1n) is 11.5. The number of nitrogens with two attached hydrogens (primary N) is 1. The Balaban J connectivity index is 2.14. The number of methoxy groups -OCH3 is 1. The van der Waals surface area contributed by atoms with Gasteiger partial charge in [-0.05, 0) is 23.9 Å². The molecule has 3 aromatic rings. The van der Waals surface area contributed by atoms with E-state index >= 15 is 0 Å². The summed E-state index contributed by atoms with van der Waals surface area (Å²) in [5.41, 5.74) is 8.69. The molecule has 0 unspecified atom stereocenters. The maximum Gasteiger partial charge on any atom is 0.249 e. The number of carbonyl (C=O) groups excluding carboxylic acids is 1. The van der Waals surface area contributed by atoms with Crippen molar-refractivity contribution in [2.24, 2.45) is 11.1 Å².